The molecule has 2 aromatic rings. The summed E-state index contributed by atoms with van der Waals surface area (Å²) in [4.78, 5) is 1.57. The molecule has 3 rings (SSSR count). The van der Waals surface area contributed by atoms with Crippen LogP contribution in [0, 0.1) is 0 Å². The number of benzene rings is 1. The van der Waals surface area contributed by atoms with E-state index in [2.05, 4.69) is 35.8 Å². The second kappa shape index (κ2) is 6.95. The molecule has 1 aromatic heterocycles. The maximum atomic E-state index is 6.02. The molecule has 0 bridgehead atoms. The molecule has 1 aromatic carbocycles. The van der Waals surface area contributed by atoms with Gasteiger partial charge >= 0.3 is 0 Å². The van der Waals surface area contributed by atoms with Gasteiger partial charge in [-0.05, 0) is 60.4 Å². The van der Waals surface area contributed by atoms with E-state index in [1.165, 1.54) is 36.8 Å². The van der Waals surface area contributed by atoms with Crippen molar-refractivity contribution in [2.45, 2.75) is 51.1 Å². The van der Waals surface area contributed by atoms with E-state index in [9.17, 15) is 0 Å². The van der Waals surface area contributed by atoms with Gasteiger partial charge in [-0.1, -0.05) is 37.1 Å². The van der Waals surface area contributed by atoms with Gasteiger partial charge in [-0.3, -0.25) is 0 Å². The van der Waals surface area contributed by atoms with Crippen molar-refractivity contribution < 1.29 is 0 Å². The summed E-state index contributed by atoms with van der Waals surface area (Å²) in [7, 11) is 0. The van der Waals surface area contributed by atoms with Crippen molar-refractivity contribution in [1.82, 2.24) is 5.32 Å². The van der Waals surface area contributed by atoms with Crippen molar-refractivity contribution in [3.8, 4) is 0 Å². The first-order valence-corrected chi connectivity index (χ1v) is 9.11. The fraction of sp³-hybridized carbons (Fsp3) is 0.444. The lowest BCUT2D eigenvalue weighted by Gasteiger charge is -2.29. The van der Waals surface area contributed by atoms with Crippen LogP contribution in [0.4, 0.5) is 0 Å². The fourth-order valence-electron chi connectivity index (χ4n) is 3.23. The normalized spacial score (nSPS) is 19.2. The average Bonchev–Trinajstić information content (AvgIpc) is 2.97. The minimum absolute atomic E-state index is 0.420. The summed E-state index contributed by atoms with van der Waals surface area (Å²) in [5, 5.41) is 6.95. The number of halogens is 1. The molecule has 0 aliphatic heterocycles. The van der Waals surface area contributed by atoms with Crippen LogP contribution in [-0.2, 0) is 6.42 Å². The van der Waals surface area contributed by atoms with Gasteiger partial charge in [0.05, 0.1) is 0 Å². The molecule has 112 valence electrons. The van der Waals surface area contributed by atoms with E-state index in [-0.39, 0.29) is 0 Å². The number of nitrogens with one attached hydrogen (secondary N) is 1. The highest BCUT2D eigenvalue weighted by atomic mass is 35.5. The number of rotatable bonds is 5. The van der Waals surface area contributed by atoms with Crippen molar-refractivity contribution in [2.24, 2.45) is 0 Å². The molecule has 0 radical (unpaired) electrons. The van der Waals surface area contributed by atoms with E-state index in [0.717, 1.165) is 11.4 Å². The summed E-state index contributed by atoms with van der Waals surface area (Å²) in [5.41, 5.74) is 2.88. The fourth-order valence-corrected chi connectivity index (χ4v) is 4.35. The summed E-state index contributed by atoms with van der Waals surface area (Å²) in [6.07, 6.45) is 6.15. The minimum atomic E-state index is 0.420. The maximum absolute atomic E-state index is 6.02. The van der Waals surface area contributed by atoms with Crippen LogP contribution < -0.4 is 5.32 Å². The zero-order chi connectivity index (χ0) is 14.7. The summed E-state index contributed by atoms with van der Waals surface area (Å²) in [6, 6.07) is 11.5. The molecular weight excluding hydrogens is 298 g/mol. The highest BCUT2D eigenvalue weighted by Gasteiger charge is 2.24. The van der Waals surface area contributed by atoms with Gasteiger partial charge in [-0.15, -0.1) is 11.3 Å². The summed E-state index contributed by atoms with van der Waals surface area (Å²) < 4.78 is 0. The van der Waals surface area contributed by atoms with Gasteiger partial charge in [0, 0.05) is 22.0 Å². The Morgan fingerprint density at radius 3 is 2.86 bits per heavy atom. The first kappa shape index (κ1) is 15.1. The molecule has 1 aliphatic carbocycles. The number of hydrogen-bond acceptors (Lipinski definition) is 2. The van der Waals surface area contributed by atoms with E-state index in [4.69, 9.17) is 11.6 Å². The largest absolute Gasteiger partial charge is 0.303 e. The van der Waals surface area contributed by atoms with E-state index in [0.29, 0.717) is 12.1 Å². The highest BCUT2D eigenvalue weighted by molar-refractivity contribution is 7.10. The SMILES string of the molecule is CCCC(NC1CCCc2sccc21)c1ccc(Cl)cc1. The average molecular weight is 320 g/mol. The predicted molar refractivity (Wildman–Crippen MR) is 92.2 cm³/mol. The van der Waals surface area contributed by atoms with Gasteiger partial charge in [0.2, 0.25) is 0 Å². The standard InChI is InChI=1S/C18H22ClNS/c1-2-4-16(13-7-9-14(19)10-8-13)20-17-5-3-6-18-15(17)11-12-21-18/h7-12,16-17,20H,2-6H2,1H3. The monoisotopic (exact) mass is 319 g/mol. The van der Waals surface area contributed by atoms with Crippen LogP contribution in [0.15, 0.2) is 35.7 Å². The van der Waals surface area contributed by atoms with E-state index >= 15 is 0 Å². The van der Waals surface area contributed by atoms with Gasteiger partial charge in [0.25, 0.3) is 0 Å². The van der Waals surface area contributed by atoms with Gasteiger partial charge in [0.1, 0.15) is 0 Å². The number of fused-ring (bicyclic) bond motifs is 1. The summed E-state index contributed by atoms with van der Waals surface area (Å²) in [5.74, 6) is 0. The third-order valence-electron chi connectivity index (χ3n) is 4.30. The molecule has 1 nitrogen and oxygen atoms in total. The number of thiophene rings is 1. The molecule has 21 heavy (non-hydrogen) atoms. The van der Waals surface area contributed by atoms with Gasteiger partial charge in [0.15, 0.2) is 0 Å². The Labute approximate surface area is 136 Å². The lowest BCUT2D eigenvalue weighted by atomic mass is 9.92. The molecule has 0 amide bonds. The number of hydrogen-bond donors (Lipinski definition) is 1. The van der Waals surface area contributed by atoms with Crippen molar-refractivity contribution in [1.29, 1.82) is 0 Å². The van der Waals surface area contributed by atoms with Crippen LogP contribution in [0.3, 0.4) is 0 Å². The highest BCUT2D eigenvalue weighted by Crippen LogP contribution is 2.35. The molecule has 0 spiro atoms. The van der Waals surface area contributed by atoms with Gasteiger partial charge < -0.3 is 5.32 Å². The van der Waals surface area contributed by atoms with Gasteiger partial charge in [-0.25, -0.2) is 0 Å². The third kappa shape index (κ3) is 3.50. The smallest absolute Gasteiger partial charge is 0.0406 e. The van der Waals surface area contributed by atoms with Crippen LogP contribution in [0.5, 0.6) is 0 Å². The molecule has 0 fully saturated rings. The molecule has 1 aliphatic rings. The van der Waals surface area contributed by atoms with Crippen LogP contribution in [0.25, 0.3) is 0 Å². The quantitative estimate of drug-likeness (QED) is 0.722. The molecule has 0 saturated heterocycles. The second-order valence-corrected chi connectivity index (χ2v) is 7.24. The summed E-state index contributed by atoms with van der Waals surface area (Å²) in [6.45, 7) is 2.25. The molecule has 2 atom stereocenters. The molecular formula is C18H22ClNS. The Morgan fingerprint density at radius 2 is 2.10 bits per heavy atom. The van der Waals surface area contributed by atoms with Crippen molar-refractivity contribution in [3.05, 3.63) is 56.7 Å². The zero-order valence-electron chi connectivity index (χ0n) is 12.4. The van der Waals surface area contributed by atoms with E-state index in [1.54, 1.807) is 4.88 Å². The Kier molecular flexibility index (Phi) is 4.99. The Bertz CT molecular complexity index is 575. The molecule has 2 unspecified atom stereocenters. The lowest BCUT2D eigenvalue weighted by molar-refractivity contribution is 0.386. The van der Waals surface area contributed by atoms with Gasteiger partial charge in [-0.2, -0.15) is 0 Å². The summed E-state index contributed by atoms with van der Waals surface area (Å²) >= 11 is 7.93. The topological polar surface area (TPSA) is 12.0 Å². The van der Waals surface area contributed by atoms with Crippen LogP contribution >= 0.6 is 22.9 Å². The van der Waals surface area contributed by atoms with Crippen LogP contribution in [0.1, 0.15) is 60.7 Å². The van der Waals surface area contributed by atoms with Crippen LogP contribution in [-0.4, -0.2) is 0 Å². The molecule has 3 heteroatoms. The van der Waals surface area contributed by atoms with Crippen molar-refractivity contribution in [2.75, 3.05) is 0 Å². The van der Waals surface area contributed by atoms with E-state index < -0.39 is 0 Å². The molecule has 1 heterocycles. The first-order valence-electron chi connectivity index (χ1n) is 7.85. The molecule has 0 saturated carbocycles. The Hall–Kier alpha value is -0.830. The predicted octanol–water partition coefficient (Wildman–Crippen LogP) is 5.91. The second-order valence-electron chi connectivity index (χ2n) is 5.80. The first-order chi connectivity index (χ1) is 10.3. The third-order valence-corrected chi connectivity index (χ3v) is 5.55. The van der Waals surface area contributed by atoms with Crippen LogP contribution in [0.2, 0.25) is 5.02 Å². The number of aryl methyl sites for hydroxylation is 1. The van der Waals surface area contributed by atoms with Crippen molar-refractivity contribution >= 4 is 22.9 Å². The van der Waals surface area contributed by atoms with E-state index in [1.807, 2.05) is 23.5 Å². The lowest BCUT2D eigenvalue weighted by Crippen LogP contribution is -2.28. The minimum Gasteiger partial charge on any atom is -0.303 e. The molecule has 1 N–H and O–H groups in total. The Balaban J connectivity index is 1.79. The Morgan fingerprint density at radius 1 is 1.29 bits per heavy atom. The maximum Gasteiger partial charge on any atom is 0.0406 e. The zero-order valence-corrected chi connectivity index (χ0v) is 14.0. The van der Waals surface area contributed by atoms with Crippen molar-refractivity contribution in [3.63, 3.8) is 0 Å².